The van der Waals surface area contributed by atoms with Crippen molar-refractivity contribution in [2.75, 3.05) is 0 Å². The van der Waals surface area contributed by atoms with Gasteiger partial charge in [0, 0.05) is 22.5 Å². The summed E-state index contributed by atoms with van der Waals surface area (Å²) in [6.45, 7) is 0. The Morgan fingerprint density at radius 1 is 1.25 bits per heavy atom. The molecule has 0 unspecified atom stereocenters. The van der Waals surface area contributed by atoms with E-state index in [2.05, 4.69) is 16.2 Å². The first-order chi connectivity index (χ1) is 9.76. The first-order valence-corrected chi connectivity index (χ1v) is 7.16. The van der Waals surface area contributed by atoms with Crippen molar-refractivity contribution in [1.29, 1.82) is 0 Å². The van der Waals surface area contributed by atoms with Crippen molar-refractivity contribution < 1.29 is 4.79 Å². The zero-order valence-electron chi connectivity index (χ0n) is 11.4. The average molecular weight is 266 g/mol. The molecular formula is C17H18N2O. The number of amides is 1. The lowest BCUT2D eigenvalue weighted by Crippen LogP contribution is -2.36. The van der Waals surface area contributed by atoms with Gasteiger partial charge in [-0.15, -0.1) is 6.42 Å². The third-order valence-electron chi connectivity index (χ3n) is 3.97. The molecule has 1 aliphatic carbocycles. The molecule has 3 nitrogen and oxygen atoms in total. The monoisotopic (exact) mass is 266 g/mol. The quantitative estimate of drug-likeness (QED) is 0.805. The van der Waals surface area contributed by atoms with Crippen molar-refractivity contribution >= 4 is 16.8 Å². The maximum absolute atomic E-state index is 12.3. The topological polar surface area (TPSA) is 44.9 Å². The molecule has 2 aromatic rings. The van der Waals surface area contributed by atoms with Crippen LogP contribution >= 0.6 is 0 Å². The fourth-order valence-corrected chi connectivity index (χ4v) is 2.85. The van der Waals surface area contributed by atoms with Gasteiger partial charge in [-0.25, -0.2) is 0 Å². The molecular weight excluding hydrogens is 248 g/mol. The minimum absolute atomic E-state index is 0.0182. The van der Waals surface area contributed by atoms with Gasteiger partial charge in [0.1, 0.15) is 5.69 Å². The van der Waals surface area contributed by atoms with Crippen molar-refractivity contribution in [1.82, 2.24) is 10.3 Å². The van der Waals surface area contributed by atoms with Gasteiger partial charge in [0.2, 0.25) is 0 Å². The summed E-state index contributed by atoms with van der Waals surface area (Å²) >= 11 is 0. The minimum atomic E-state index is -0.0182. The smallest absolute Gasteiger partial charge is 0.267 e. The number of hydrogen-bond acceptors (Lipinski definition) is 1. The van der Waals surface area contributed by atoms with Gasteiger partial charge in [0.05, 0.1) is 0 Å². The van der Waals surface area contributed by atoms with E-state index in [1.54, 1.807) is 0 Å². The molecule has 1 amide bonds. The average Bonchev–Trinajstić information content (AvgIpc) is 2.91. The fourth-order valence-electron chi connectivity index (χ4n) is 2.85. The third kappa shape index (κ3) is 2.55. The first-order valence-electron chi connectivity index (χ1n) is 7.16. The van der Waals surface area contributed by atoms with E-state index in [-0.39, 0.29) is 5.91 Å². The van der Waals surface area contributed by atoms with E-state index in [1.807, 2.05) is 24.3 Å². The van der Waals surface area contributed by atoms with Gasteiger partial charge < -0.3 is 10.3 Å². The molecule has 0 atom stereocenters. The number of aromatic nitrogens is 1. The summed E-state index contributed by atoms with van der Waals surface area (Å²) in [7, 11) is 0. The molecule has 1 heterocycles. The molecule has 0 saturated heterocycles. The van der Waals surface area contributed by atoms with Crippen LogP contribution in [-0.4, -0.2) is 16.9 Å². The normalized spacial score (nSPS) is 15.9. The molecule has 0 spiro atoms. The summed E-state index contributed by atoms with van der Waals surface area (Å²) in [5.74, 6) is 2.59. The van der Waals surface area contributed by atoms with Gasteiger partial charge in [-0.2, -0.15) is 0 Å². The molecule has 0 radical (unpaired) electrons. The SMILES string of the molecule is C#Cc1ccc2[nH]c(C(=O)NC3CCCCC3)cc2c1. The van der Waals surface area contributed by atoms with Crippen molar-refractivity contribution in [2.45, 2.75) is 38.1 Å². The van der Waals surface area contributed by atoms with E-state index in [0.29, 0.717) is 11.7 Å². The Labute approximate surface area is 118 Å². The van der Waals surface area contributed by atoms with Crippen LogP contribution in [0.2, 0.25) is 0 Å². The molecule has 0 bridgehead atoms. The molecule has 20 heavy (non-hydrogen) atoms. The Kier molecular flexibility index (Phi) is 3.47. The van der Waals surface area contributed by atoms with Crippen LogP contribution in [0.3, 0.4) is 0 Å². The molecule has 0 aliphatic heterocycles. The molecule has 1 aromatic carbocycles. The zero-order chi connectivity index (χ0) is 13.9. The Morgan fingerprint density at radius 3 is 2.80 bits per heavy atom. The van der Waals surface area contributed by atoms with Crippen LogP contribution in [0, 0.1) is 12.3 Å². The maximum Gasteiger partial charge on any atom is 0.267 e. The Balaban J connectivity index is 1.79. The van der Waals surface area contributed by atoms with Crippen LogP contribution in [0.4, 0.5) is 0 Å². The summed E-state index contributed by atoms with van der Waals surface area (Å²) < 4.78 is 0. The highest BCUT2D eigenvalue weighted by Crippen LogP contribution is 2.20. The van der Waals surface area contributed by atoms with Crippen molar-refractivity contribution in [3.63, 3.8) is 0 Å². The maximum atomic E-state index is 12.3. The summed E-state index contributed by atoms with van der Waals surface area (Å²) in [6, 6.07) is 7.91. The molecule has 3 heteroatoms. The number of carbonyl (C=O) groups excluding carboxylic acids is 1. The number of aromatic amines is 1. The highest BCUT2D eigenvalue weighted by molar-refractivity contribution is 5.98. The Bertz CT molecular complexity index is 672. The number of fused-ring (bicyclic) bond motifs is 1. The number of carbonyl (C=O) groups is 1. The van der Waals surface area contributed by atoms with Crippen molar-refractivity contribution in [3.05, 3.63) is 35.5 Å². The number of benzene rings is 1. The summed E-state index contributed by atoms with van der Waals surface area (Å²) in [6.07, 6.45) is 11.3. The predicted molar refractivity (Wildman–Crippen MR) is 80.6 cm³/mol. The van der Waals surface area contributed by atoms with Gasteiger partial charge in [0.25, 0.3) is 5.91 Å². The standard InChI is InChI=1S/C17H18N2O/c1-2-12-8-9-15-13(10-12)11-16(19-15)17(20)18-14-6-4-3-5-7-14/h1,8-11,14,19H,3-7H2,(H,18,20). The van der Waals surface area contributed by atoms with Crippen LogP contribution in [0.5, 0.6) is 0 Å². The van der Waals surface area contributed by atoms with Gasteiger partial charge in [-0.3, -0.25) is 4.79 Å². The minimum Gasteiger partial charge on any atom is -0.351 e. The molecule has 2 N–H and O–H groups in total. The lowest BCUT2D eigenvalue weighted by Gasteiger charge is -2.22. The van der Waals surface area contributed by atoms with E-state index in [1.165, 1.54) is 19.3 Å². The second kappa shape index (κ2) is 5.42. The van der Waals surface area contributed by atoms with E-state index in [9.17, 15) is 4.79 Å². The molecule has 102 valence electrons. The Morgan fingerprint density at radius 2 is 2.05 bits per heavy atom. The van der Waals surface area contributed by atoms with Gasteiger partial charge in [-0.1, -0.05) is 25.2 Å². The van der Waals surface area contributed by atoms with Crippen LogP contribution in [0.25, 0.3) is 10.9 Å². The summed E-state index contributed by atoms with van der Waals surface area (Å²) in [4.78, 5) is 15.4. The van der Waals surface area contributed by atoms with Gasteiger partial charge in [-0.05, 0) is 37.1 Å². The summed E-state index contributed by atoms with van der Waals surface area (Å²) in [5, 5.41) is 4.09. The third-order valence-corrected chi connectivity index (χ3v) is 3.97. The lowest BCUT2D eigenvalue weighted by atomic mass is 9.95. The van der Waals surface area contributed by atoms with E-state index < -0.39 is 0 Å². The first kappa shape index (κ1) is 12.8. The number of hydrogen-bond donors (Lipinski definition) is 2. The van der Waals surface area contributed by atoms with Crippen LogP contribution < -0.4 is 5.32 Å². The van der Waals surface area contributed by atoms with Crippen molar-refractivity contribution in [2.24, 2.45) is 0 Å². The van der Waals surface area contributed by atoms with Crippen LogP contribution in [-0.2, 0) is 0 Å². The highest BCUT2D eigenvalue weighted by atomic mass is 16.1. The fraction of sp³-hybridized carbons (Fsp3) is 0.353. The molecule has 1 aromatic heterocycles. The van der Waals surface area contributed by atoms with Crippen LogP contribution in [0.1, 0.15) is 48.2 Å². The zero-order valence-corrected chi connectivity index (χ0v) is 11.4. The number of rotatable bonds is 2. The van der Waals surface area contributed by atoms with E-state index in [4.69, 9.17) is 6.42 Å². The second-order valence-corrected chi connectivity index (χ2v) is 5.44. The van der Waals surface area contributed by atoms with E-state index in [0.717, 1.165) is 29.3 Å². The lowest BCUT2D eigenvalue weighted by molar-refractivity contribution is 0.0923. The van der Waals surface area contributed by atoms with E-state index >= 15 is 0 Å². The largest absolute Gasteiger partial charge is 0.351 e. The number of H-pyrrole nitrogens is 1. The molecule has 1 fully saturated rings. The van der Waals surface area contributed by atoms with Crippen LogP contribution in [0.15, 0.2) is 24.3 Å². The van der Waals surface area contributed by atoms with Gasteiger partial charge >= 0.3 is 0 Å². The van der Waals surface area contributed by atoms with Crippen molar-refractivity contribution in [3.8, 4) is 12.3 Å². The number of terminal acetylenes is 1. The number of nitrogens with one attached hydrogen (secondary N) is 2. The molecule has 1 saturated carbocycles. The second-order valence-electron chi connectivity index (χ2n) is 5.44. The highest BCUT2D eigenvalue weighted by Gasteiger charge is 2.17. The summed E-state index contributed by atoms with van der Waals surface area (Å²) in [5.41, 5.74) is 2.38. The van der Waals surface area contributed by atoms with Gasteiger partial charge in [0.15, 0.2) is 0 Å². The Hall–Kier alpha value is -2.21. The molecule has 3 rings (SSSR count). The molecule has 1 aliphatic rings. The predicted octanol–water partition coefficient (Wildman–Crippen LogP) is 3.21.